The lowest BCUT2D eigenvalue weighted by atomic mass is 9.87. The summed E-state index contributed by atoms with van der Waals surface area (Å²) in [6, 6.07) is 3.99. The molecule has 0 aromatic heterocycles. The number of nitro groups is 1. The van der Waals surface area contributed by atoms with Gasteiger partial charge in [-0.15, -0.1) is 0 Å². The zero-order valence-electron chi connectivity index (χ0n) is 12.2. The first-order valence-electron chi connectivity index (χ1n) is 6.56. The predicted octanol–water partition coefficient (Wildman–Crippen LogP) is 2.22. The van der Waals surface area contributed by atoms with E-state index >= 15 is 0 Å². The molecule has 1 aromatic rings. The highest BCUT2D eigenvalue weighted by Gasteiger charge is 2.36. The molecule has 0 bridgehead atoms. The summed E-state index contributed by atoms with van der Waals surface area (Å²) in [6.07, 6.45) is 0. The second-order valence-electron chi connectivity index (χ2n) is 5.68. The topological polar surface area (TPSA) is 90.7 Å². The third-order valence-corrected chi connectivity index (χ3v) is 3.65. The Morgan fingerprint density at radius 1 is 1.52 bits per heavy atom. The van der Waals surface area contributed by atoms with Crippen molar-refractivity contribution in [1.82, 2.24) is 0 Å². The van der Waals surface area contributed by atoms with Crippen LogP contribution in [0, 0.1) is 15.5 Å². The van der Waals surface area contributed by atoms with Crippen molar-refractivity contribution in [2.75, 3.05) is 25.6 Å². The standard InChI is InChI=1S/C14H18N2O5/c1-14(2)8-21-7-12(14)15-11-6-9(16(18)19)4-5-10(11)13(17)20-3/h4-6,12,15H,7-8H2,1-3H3. The first-order valence-corrected chi connectivity index (χ1v) is 6.56. The maximum Gasteiger partial charge on any atom is 0.339 e. The van der Waals surface area contributed by atoms with Crippen LogP contribution < -0.4 is 5.32 Å². The normalized spacial score (nSPS) is 20.0. The van der Waals surface area contributed by atoms with Crippen LogP contribution in [0.25, 0.3) is 0 Å². The molecular formula is C14H18N2O5. The summed E-state index contributed by atoms with van der Waals surface area (Å²) in [5, 5.41) is 14.1. The number of hydrogen-bond donors (Lipinski definition) is 1. The Morgan fingerprint density at radius 2 is 2.24 bits per heavy atom. The number of ether oxygens (including phenoxy) is 2. The summed E-state index contributed by atoms with van der Waals surface area (Å²) in [5.41, 5.74) is 0.449. The number of rotatable bonds is 4. The zero-order chi connectivity index (χ0) is 15.6. The molecule has 7 nitrogen and oxygen atoms in total. The average Bonchev–Trinajstić information content (AvgIpc) is 2.77. The fourth-order valence-corrected chi connectivity index (χ4v) is 2.24. The number of carbonyl (C=O) groups is 1. The summed E-state index contributed by atoms with van der Waals surface area (Å²) < 4.78 is 10.2. The van der Waals surface area contributed by atoms with E-state index in [4.69, 9.17) is 9.47 Å². The summed E-state index contributed by atoms with van der Waals surface area (Å²) in [5.74, 6) is -0.538. The largest absolute Gasteiger partial charge is 0.465 e. The smallest absolute Gasteiger partial charge is 0.339 e. The van der Waals surface area contributed by atoms with E-state index in [0.717, 1.165) is 0 Å². The van der Waals surface area contributed by atoms with Crippen LogP contribution in [0.3, 0.4) is 0 Å². The van der Waals surface area contributed by atoms with Crippen LogP contribution in [0.4, 0.5) is 11.4 Å². The van der Waals surface area contributed by atoms with Crippen molar-refractivity contribution < 1.29 is 19.2 Å². The Bertz CT molecular complexity index is 570. The second-order valence-corrected chi connectivity index (χ2v) is 5.68. The zero-order valence-corrected chi connectivity index (χ0v) is 12.2. The van der Waals surface area contributed by atoms with E-state index in [-0.39, 0.29) is 22.7 Å². The molecule has 0 spiro atoms. The van der Waals surface area contributed by atoms with Crippen LogP contribution in [0.5, 0.6) is 0 Å². The number of non-ortho nitro benzene ring substituents is 1. The van der Waals surface area contributed by atoms with E-state index in [2.05, 4.69) is 5.32 Å². The van der Waals surface area contributed by atoms with Crippen molar-refractivity contribution in [3.8, 4) is 0 Å². The molecule has 1 aliphatic heterocycles. The molecule has 1 aliphatic rings. The van der Waals surface area contributed by atoms with Crippen LogP contribution in [-0.2, 0) is 9.47 Å². The first-order chi connectivity index (χ1) is 9.85. The number of esters is 1. The molecule has 1 heterocycles. The highest BCUT2D eigenvalue weighted by atomic mass is 16.6. The molecule has 114 valence electrons. The number of carbonyl (C=O) groups excluding carboxylic acids is 1. The van der Waals surface area contributed by atoms with Crippen LogP contribution in [0.15, 0.2) is 18.2 Å². The van der Waals surface area contributed by atoms with Crippen molar-refractivity contribution in [3.05, 3.63) is 33.9 Å². The van der Waals surface area contributed by atoms with E-state index in [1.165, 1.54) is 25.3 Å². The maximum absolute atomic E-state index is 11.8. The molecule has 1 saturated heterocycles. The van der Waals surface area contributed by atoms with Crippen molar-refractivity contribution in [3.63, 3.8) is 0 Å². The summed E-state index contributed by atoms with van der Waals surface area (Å²) in [7, 11) is 1.27. The number of nitrogens with zero attached hydrogens (tertiary/aromatic N) is 1. The third kappa shape index (κ3) is 3.13. The lowest BCUT2D eigenvalue weighted by molar-refractivity contribution is -0.384. The molecule has 0 saturated carbocycles. The van der Waals surface area contributed by atoms with E-state index < -0.39 is 10.9 Å². The van der Waals surface area contributed by atoms with Gasteiger partial charge in [0.05, 0.1) is 42.5 Å². The minimum atomic E-state index is -0.538. The molecule has 1 fully saturated rings. The minimum Gasteiger partial charge on any atom is -0.465 e. The SMILES string of the molecule is COC(=O)c1ccc([N+](=O)[O-])cc1NC1COCC1(C)C. The number of anilines is 1. The summed E-state index contributed by atoms with van der Waals surface area (Å²) in [4.78, 5) is 22.2. The molecule has 0 amide bonds. The maximum atomic E-state index is 11.8. The van der Waals surface area contributed by atoms with Gasteiger partial charge in [-0.3, -0.25) is 10.1 Å². The Balaban J connectivity index is 2.36. The van der Waals surface area contributed by atoms with Crippen LogP contribution in [0.2, 0.25) is 0 Å². The van der Waals surface area contributed by atoms with Gasteiger partial charge in [0.1, 0.15) is 0 Å². The van der Waals surface area contributed by atoms with E-state index in [1.807, 2.05) is 13.8 Å². The summed E-state index contributed by atoms with van der Waals surface area (Å²) >= 11 is 0. The first kappa shape index (κ1) is 15.2. The van der Waals surface area contributed by atoms with Crippen molar-refractivity contribution in [2.24, 2.45) is 5.41 Å². The Morgan fingerprint density at radius 3 is 2.76 bits per heavy atom. The van der Waals surface area contributed by atoms with E-state index in [9.17, 15) is 14.9 Å². The molecule has 7 heteroatoms. The van der Waals surface area contributed by atoms with Crippen LogP contribution >= 0.6 is 0 Å². The van der Waals surface area contributed by atoms with Gasteiger partial charge >= 0.3 is 5.97 Å². The summed E-state index contributed by atoms with van der Waals surface area (Å²) in [6.45, 7) is 5.14. The fourth-order valence-electron chi connectivity index (χ4n) is 2.24. The van der Waals surface area contributed by atoms with Gasteiger partial charge in [-0.05, 0) is 6.07 Å². The Hall–Kier alpha value is -2.15. The Labute approximate surface area is 122 Å². The number of benzene rings is 1. The van der Waals surface area contributed by atoms with Gasteiger partial charge in [0.2, 0.25) is 0 Å². The molecule has 1 N–H and O–H groups in total. The third-order valence-electron chi connectivity index (χ3n) is 3.65. The van der Waals surface area contributed by atoms with Gasteiger partial charge in [-0.1, -0.05) is 13.8 Å². The quantitative estimate of drug-likeness (QED) is 0.520. The molecular weight excluding hydrogens is 276 g/mol. The molecule has 0 aliphatic carbocycles. The lowest BCUT2D eigenvalue weighted by Gasteiger charge is -2.27. The lowest BCUT2D eigenvalue weighted by Crippen LogP contribution is -2.35. The average molecular weight is 294 g/mol. The minimum absolute atomic E-state index is 0.0390. The van der Waals surface area contributed by atoms with Gasteiger partial charge in [0, 0.05) is 17.5 Å². The van der Waals surface area contributed by atoms with Crippen molar-refractivity contribution in [1.29, 1.82) is 0 Å². The highest BCUT2D eigenvalue weighted by Crippen LogP contribution is 2.32. The molecule has 0 radical (unpaired) electrons. The van der Waals surface area contributed by atoms with Crippen LogP contribution in [-0.4, -0.2) is 37.3 Å². The van der Waals surface area contributed by atoms with Gasteiger partial charge in [0.25, 0.3) is 5.69 Å². The van der Waals surface area contributed by atoms with Crippen molar-refractivity contribution in [2.45, 2.75) is 19.9 Å². The van der Waals surface area contributed by atoms with E-state index in [0.29, 0.717) is 18.9 Å². The highest BCUT2D eigenvalue weighted by molar-refractivity contribution is 5.96. The fraction of sp³-hybridized carbons (Fsp3) is 0.500. The van der Waals surface area contributed by atoms with Gasteiger partial charge in [0.15, 0.2) is 0 Å². The van der Waals surface area contributed by atoms with Crippen LogP contribution in [0.1, 0.15) is 24.2 Å². The van der Waals surface area contributed by atoms with Gasteiger partial charge in [-0.25, -0.2) is 4.79 Å². The number of hydrogen-bond acceptors (Lipinski definition) is 6. The predicted molar refractivity (Wildman–Crippen MR) is 76.4 cm³/mol. The second kappa shape index (κ2) is 5.69. The number of nitro benzene ring substituents is 1. The molecule has 1 atom stereocenters. The molecule has 1 unspecified atom stereocenters. The number of methoxy groups -OCH3 is 1. The van der Waals surface area contributed by atoms with Gasteiger partial charge < -0.3 is 14.8 Å². The van der Waals surface area contributed by atoms with Gasteiger partial charge in [-0.2, -0.15) is 0 Å². The van der Waals surface area contributed by atoms with Crippen molar-refractivity contribution >= 4 is 17.3 Å². The molecule has 21 heavy (non-hydrogen) atoms. The molecule has 1 aromatic carbocycles. The van der Waals surface area contributed by atoms with E-state index in [1.54, 1.807) is 0 Å². The number of nitrogens with one attached hydrogen (secondary N) is 1. The monoisotopic (exact) mass is 294 g/mol. The Kier molecular flexibility index (Phi) is 4.13. The molecule has 2 rings (SSSR count).